The van der Waals surface area contributed by atoms with Crippen LogP contribution in [0.25, 0.3) is 0 Å². The fourth-order valence-corrected chi connectivity index (χ4v) is 1.56. The van der Waals surface area contributed by atoms with Crippen LogP contribution in [-0.4, -0.2) is 43.0 Å². The first-order valence-corrected chi connectivity index (χ1v) is 5.51. The number of ether oxygens (including phenoxy) is 1. The summed E-state index contributed by atoms with van der Waals surface area (Å²) in [6.45, 7) is 0.692. The molecule has 0 radical (unpaired) electrons. The number of nitrogens with one attached hydrogen (secondary N) is 1. The van der Waals surface area contributed by atoms with Crippen LogP contribution in [0.15, 0.2) is 18.2 Å². The van der Waals surface area contributed by atoms with Gasteiger partial charge in [-0.05, 0) is 12.1 Å². The van der Waals surface area contributed by atoms with Crippen LogP contribution < -0.4 is 11.3 Å². The number of hydrazine groups is 1. The molecule has 8 nitrogen and oxygen atoms in total. The molecule has 0 aliphatic carbocycles. The summed E-state index contributed by atoms with van der Waals surface area (Å²) in [4.78, 5) is 23.9. The number of carbonyl (C=O) groups is 1. The van der Waals surface area contributed by atoms with Crippen LogP contribution in [0.5, 0.6) is 0 Å². The Morgan fingerprint density at radius 3 is 2.79 bits per heavy atom. The molecule has 0 fully saturated rings. The van der Waals surface area contributed by atoms with Crippen LogP contribution in [0.4, 0.5) is 11.4 Å². The van der Waals surface area contributed by atoms with Crippen LogP contribution >= 0.6 is 0 Å². The molecule has 0 heterocycles. The molecule has 8 heteroatoms. The molecule has 0 atom stereocenters. The maximum atomic E-state index is 12.1. The van der Waals surface area contributed by atoms with Crippen molar-refractivity contribution in [1.29, 1.82) is 0 Å². The Hall–Kier alpha value is -2.19. The first-order chi connectivity index (χ1) is 9.02. The lowest BCUT2D eigenvalue weighted by molar-refractivity contribution is -0.384. The van der Waals surface area contributed by atoms with Crippen molar-refractivity contribution in [2.45, 2.75) is 0 Å². The summed E-state index contributed by atoms with van der Waals surface area (Å²) in [5.41, 5.74) is 1.96. The highest BCUT2D eigenvalue weighted by Crippen LogP contribution is 2.28. The number of carbonyl (C=O) groups excluding carboxylic acids is 1. The number of amides is 1. The molecule has 0 saturated carbocycles. The summed E-state index contributed by atoms with van der Waals surface area (Å²) in [6.07, 6.45) is 0. The van der Waals surface area contributed by atoms with E-state index in [1.54, 1.807) is 7.05 Å². The van der Waals surface area contributed by atoms with Gasteiger partial charge in [0.05, 0.1) is 11.5 Å². The van der Waals surface area contributed by atoms with Gasteiger partial charge in [-0.3, -0.25) is 20.8 Å². The van der Waals surface area contributed by atoms with Crippen molar-refractivity contribution < 1.29 is 14.5 Å². The number of likely N-dealkylation sites (N-methyl/N-ethyl adjacent to an activating group) is 1. The molecule has 0 saturated heterocycles. The number of nitro benzene ring substituents is 1. The molecular formula is C11H16N4O4. The Kier molecular flexibility index (Phi) is 5.22. The minimum Gasteiger partial charge on any atom is -0.383 e. The topological polar surface area (TPSA) is 111 Å². The Morgan fingerprint density at radius 1 is 1.58 bits per heavy atom. The summed E-state index contributed by atoms with van der Waals surface area (Å²) >= 11 is 0. The zero-order valence-corrected chi connectivity index (χ0v) is 10.8. The largest absolute Gasteiger partial charge is 0.383 e. The van der Waals surface area contributed by atoms with E-state index in [-0.39, 0.29) is 16.9 Å². The number of methoxy groups -OCH3 is 1. The smallest absolute Gasteiger partial charge is 0.306 e. The molecule has 1 rings (SSSR count). The van der Waals surface area contributed by atoms with E-state index in [4.69, 9.17) is 10.6 Å². The second kappa shape index (κ2) is 6.66. The quantitative estimate of drug-likeness (QED) is 0.444. The molecule has 1 aromatic rings. The van der Waals surface area contributed by atoms with Crippen LogP contribution in [0.2, 0.25) is 0 Å². The van der Waals surface area contributed by atoms with Gasteiger partial charge in [-0.1, -0.05) is 6.07 Å². The molecule has 3 N–H and O–H groups in total. The second-order valence-electron chi connectivity index (χ2n) is 3.82. The third kappa shape index (κ3) is 3.39. The van der Waals surface area contributed by atoms with Gasteiger partial charge in [0.15, 0.2) is 0 Å². The van der Waals surface area contributed by atoms with Crippen LogP contribution in [-0.2, 0) is 4.74 Å². The van der Waals surface area contributed by atoms with E-state index in [1.165, 1.54) is 30.2 Å². The summed E-state index contributed by atoms with van der Waals surface area (Å²) < 4.78 is 4.86. The third-order valence-corrected chi connectivity index (χ3v) is 2.58. The molecule has 0 spiro atoms. The normalized spacial score (nSPS) is 10.1. The summed E-state index contributed by atoms with van der Waals surface area (Å²) in [5.74, 6) is 4.76. The number of hydrogen-bond donors (Lipinski definition) is 2. The van der Waals surface area contributed by atoms with Gasteiger partial charge in [-0.2, -0.15) is 0 Å². The minimum absolute atomic E-state index is 0.0148. The Labute approximate surface area is 110 Å². The highest BCUT2D eigenvalue weighted by Gasteiger charge is 2.26. The maximum absolute atomic E-state index is 12.1. The van der Waals surface area contributed by atoms with Crippen LogP contribution in [0.1, 0.15) is 10.4 Å². The average molecular weight is 268 g/mol. The highest BCUT2D eigenvalue weighted by molar-refractivity contribution is 6.00. The number of nitro groups is 1. The summed E-state index contributed by atoms with van der Waals surface area (Å²) in [6, 6.07) is 4.36. The summed E-state index contributed by atoms with van der Waals surface area (Å²) in [7, 11) is 3.06. The second-order valence-corrected chi connectivity index (χ2v) is 3.82. The lowest BCUT2D eigenvalue weighted by Gasteiger charge is -2.17. The lowest BCUT2D eigenvalue weighted by atomic mass is 10.1. The molecule has 19 heavy (non-hydrogen) atoms. The molecule has 0 aromatic heterocycles. The Bertz CT molecular complexity index is 478. The average Bonchev–Trinajstić information content (AvgIpc) is 2.42. The number of benzene rings is 1. The highest BCUT2D eigenvalue weighted by atomic mass is 16.6. The molecule has 1 aromatic carbocycles. The number of rotatable bonds is 6. The standard InChI is InChI=1S/C11H16N4O4/c1-14(6-7-19-2)11(16)8-4-3-5-9(13-12)10(8)15(17)18/h3-5,13H,6-7,12H2,1-2H3. The van der Waals surface area contributed by atoms with Crippen molar-refractivity contribution in [2.24, 2.45) is 5.84 Å². The van der Waals surface area contributed by atoms with E-state index in [2.05, 4.69) is 5.43 Å². The van der Waals surface area contributed by atoms with Crippen molar-refractivity contribution in [2.75, 3.05) is 32.7 Å². The molecule has 0 aliphatic heterocycles. The number of hydrogen-bond acceptors (Lipinski definition) is 6. The van der Waals surface area contributed by atoms with Gasteiger partial charge in [0.25, 0.3) is 5.91 Å². The van der Waals surface area contributed by atoms with E-state index in [9.17, 15) is 14.9 Å². The number of nitrogen functional groups attached to an aromatic ring is 1. The van der Waals surface area contributed by atoms with Gasteiger partial charge in [-0.15, -0.1) is 0 Å². The van der Waals surface area contributed by atoms with E-state index in [1.807, 2.05) is 0 Å². The Balaban J connectivity index is 3.12. The van der Waals surface area contributed by atoms with Crippen molar-refractivity contribution in [3.05, 3.63) is 33.9 Å². The maximum Gasteiger partial charge on any atom is 0.306 e. The molecular weight excluding hydrogens is 252 g/mol. The predicted octanol–water partition coefficient (Wildman–Crippen LogP) is 0.599. The molecule has 0 aliphatic rings. The SMILES string of the molecule is COCCN(C)C(=O)c1cccc(NN)c1[N+](=O)[O-]. The molecule has 1 amide bonds. The Morgan fingerprint density at radius 2 is 2.26 bits per heavy atom. The minimum atomic E-state index is -0.632. The lowest BCUT2D eigenvalue weighted by Crippen LogP contribution is -2.30. The third-order valence-electron chi connectivity index (χ3n) is 2.58. The van der Waals surface area contributed by atoms with Gasteiger partial charge >= 0.3 is 5.69 Å². The van der Waals surface area contributed by atoms with E-state index in [0.717, 1.165) is 0 Å². The van der Waals surface area contributed by atoms with Crippen molar-refractivity contribution in [3.63, 3.8) is 0 Å². The van der Waals surface area contributed by atoms with Crippen LogP contribution in [0.3, 0.4) is 0 Å². The molecule has 104 valence electrons. The number of nitrogens with zero attached hydrogens (tertiary/aromatic N) is 2. The first-order valence-electron chi connectivity index (χ1n) is 5.51. The fourth-order valence-electron chi connectivity index (χ4n) is 1.56. The van der Waals surface area contributed by atoms with Gasteiger partial charge in [-0.25, -0.2) is 0 Å². The zero-order valence-electron chi connectivity index (χ0n) is 10.8. The number of anilines is 1. The fraction of sp³-hybridized carbons (Fsp3) is 0.364. The zero-order chi connectivity index (χ0) is 14.4. The monoisotopic (exact) mass is 268 g/mol. The molecule has 0 bridgehead atoms. The van der Waals surface area contributed by atoms with E-state index < -0.39 is 10.8 Å². The van der Waals surface area contributed by atoms with E-state index in [0.29, 0.717) is 13.2 Å². The number of para-hydroxylation sites is 1. The van der Waals surface area contributed by atoms with Gasteiger partial charge in [0.1, 0.15) is 11.3 Å². The van der Waals surface area contributed by atoms with Crippen molar-refractivity contribution in [1.82, 2.24) is 4.90 Å². The molecule has 0 unspecified atom stereocenters. The number of nitrogens with two attached hydrogens (primary N) is 1. The predicted molar refractivity (Wildman–Crippen MR) is 69.7 cm³/mol. The first kappa shape index (κ1) is 14.9. The van der Waals surface area contributed by atoms with Gasteiger partial charge in [0.2, 0.25) is 0 Å². The van der Waals surface area contributed by atoms with Gasteiger partial charge < -0.3 is 15.1 Å². The van der Waals surface area contributed by atoms with Crippen molar-refractivity contribution >= 4 is 17.3 Å². The van der Waals surface area contributed by atoms with E-state index >= 15 is 0 Å². The summed E-state index contributed by atoms with van der Waals surface area (Å²) in [5, 5.41) is 11.1. The van der Waals surface area contributed by atoms with Crippen LogP contribution in [0, 0.1) is 10.1 Å². The van der Waals surface area contributed by atoms with Gasteiger partial charge in [0, 0.05) is 20.7 Å². The van der Waals surface area contributed by atoms with Crippen molar-refractivity contribution in [3.8, 4) is 0 Å².